The van der Waals surface area contributed by atoms with Gasteiger partial charge in [-0.25, -0.2) is 0 Å². The quantitative estimate of drug-likeness (QED) is 0.467. The van der Waals surface area contributed by atoms with E-state index in [-0.39, 0.29) is 6.10 Å². The van der Waals surface area contributed by atoms with Crippen molar-refractivity contribution in [2.45, 2.75) is 40.2 Å². The van der Waals surface area contributed by atoms with Crippen LogP contribution in [0.4, 0.5) is 0 Å². The Balaban J connectivity index is 3.91. The minimum absolute atomic E-state index is 0.217. The van der Waals surface area contributed by atoms with Gasteiger partial charge in [0.25, 0.3) is 0 Å². The molecule has 2 unspecified atom stereocenters. The first-order valence-corrected chi connectivity index (χ1v) is 9.55. The molecule has 0 aromatic rings. The summed E-state index contributed by atoms with van der Waals surface area (Å²) in [5.41, 5.74) is 0. The maximum absolute atomic E-state index is 5.81. The van der Waals surface area contributed by atoms with Crippen LogP contribution in [0.25, 0.3) is 0 Å². The highest BCUT2D eigenvalue weighted by atomic mass is 32.5. The average Bonchev–Trinajstić information content (AvgIpc) is 2.24. The molecule has 0 aliphatic rings. The van der Waals surface area contributed by atoms with Gasteiger partial charge in [0, 0.05) is 11.9 Å². The van der Waals surface area contributed by atoms with E-state index >= 15 is 0 Å². The molecule has 0 aromatic heterocycles. The normalized spacial score (nSPS) is 17.3. The van der Waals surface area contributed by atoms with Crippen molar-refractivity contribution >= 4 is 30.1 Å². The van der Waals surface area contributed by atoms with Gasteiger partial charge in [0.2, 0.25) is 0 Å². The van der Waals surface area contributed by atoms with Crippen LogP contribution in [-0.2, 0) is 20.9 Å². The van der Waals surface area contributed by atoms with E-state index in [9.17, 15) is 0 Å². The summed E-state index contributed by atoms with van der Waals surface area (Å²) >= 11 is 7.33. The molecule has 0 saturated carbocycles. The first-order valence-electron chi connectivity index (χ1n) is 5.57. The van der Waals surface area contributed by atoms with Crippen molar-refractivity contribution in [3.63, 3.8) is 0 Å². The third kappa shape index (κ3) is 7.76. The van der Waals surface area contributed by atoms with Gasteiger partial charge >= 0.3 is 0 Å². The second-order valence-electron chi connectivity index (χ2n) is 3.28. The third-order valence-electron chi connectivity index (χ3n) is 2.02. The summed E-state index contributed by atoms with van der Waals surface area (Å²) in [7, 11) is 0. The molecule has 0 heterocycles. The van der Waals surface area contributed by atoms with E-state index in [2.05, 4.69) is 27.7 Å². The fraction of sp³-hybridized carbons (Fsp3) is 1.00. The summed E-state index contributed by atoms with van der Waals surface area (Å²) in [6, 6.07) is 0. The highest BCUT2D eigenvalue weighted by Gasteiger charge is 2.18. The number of thioether (sulfide) groups is 1. The Kier molecular flexibility index (Phi) is 9.55. The monoisotopic (exact) mass is 270 g/mol. The van der Waals surface area contributed by atoms with Gasteiger partial charge in [0.05, 0.1) is 12.7 Å². The molecule has 0 bridgehead atoms. The minimum atomic E-state index is -1.99. The van der Waals surface area contributed by atoms with Crippen molar-refractivity contribution in [2.24, 2.45) is 0 Å². The van der Waals surface area contributed by atoms with Crippen molar-refractivity contribution in [2.75, 3.05) is 24.3 Å². The first-order chi connectivity index (χ1) is 7.08. The van der Waals surface area contributed by atoms with Crippen LogP contribution in [0.2, 0.25) is 0 Å². The molecule has 0 aliphatic carbocycles. The molecule has 15 heavy (non-hydrogen) atoms. The molecule has 0 rings (SSSR count). The second-order valence-corrected chi connectivity index (χ2v) is 8.67. The van der Waals surface area contributed by atoms with Crippen molar-refractivity contribution in [1.82, 2.24) is 0 Å². The van der Waals surface area contributed by atoms with Crippen LogP contribution in [0.5, 0.6) is 0 Å². The van der Waals surface area contributed by atoms with Gasteiger partial charge in [-0.1, -0.05) is 20.8 Å². The Labute approximate surface area is 104 Å². The Morgan fingerprint density at radius 2 is 2.00 bits per heavy atom. The zero-order valence-electron chi connectivity index (χ0n) is 10.2. The molecule has 92 valence electrons. The lowest BCUT2D eigenvalue weighted by atomic mass is 10.3. The lowest BCUT2D eigenvalue weighted by molar-refractivity contribution is 0.192. The molecular formula is C10H23O2PS2. The molecule has 0 saturated heterocycles. The molecule has 0 radical (unpaired) electrons. The van der Waals surface area contributed by atoms with E-state index in [0.717, 1.165) is 30.7 Å². The summed E-state index contributed by atoms with van der Waals surface area (Å²) in [6.07, 6.45) is 2.03. The van der Waals surface area contributed by atoms with Crippen LogP contribution in [0, 0.1) is 0 Å². The van der Waals surface area contributed by atoms with Gasteiger partial charge in [-0.05, 0) is 30.9 Å². The van der Waals surface area contributed by atoms with E-state index in [1.165, 1.54) is 0 Å². The number of hydrogen-bond donors (Lipinski definition) is 0. The highest BCUT2D eigenvalue weighted by molar-refractivity contribution is 8.09. The van der Waals surface area contributed by atoms with E-state index in [0.29, 0.717) is 0 Å². The molecule has 2 atom stereocenters. The summed E-state index contributed by atoms with van der Waals surface area (Å²) in [6.45, 7) is 7.09. The highest BCUT2D eigenvalue weighted by Crippen LogP contribution is 2.49. The Bertz CT molecular complexity index is 200. The SMILES string of the molecule is CCSCCOP(=S)(CC)OC(C)CC. The Morgan fingerprint density at radius 1 is 1.33 bits per heavy atom. The summed E-state index contributed by atoms with van der Waals surface area (Å²) in [4.78, 5) is 0. The number of hydrogen-bond acceptors (Lipinski definition) is 4. The van der Waals surface area contributed by atoms with E-state index in [1.807, 2.05) is 11.8 Å². The largest absolute Gasteiger partial charge is 0.328 e. The van der Waals surface area contributed by atoms with Gasteiger partial charge in [0.1, 0.15) is 0 Å². The van der Waals surface area contributed by atoms with Gasteiger partial charge in [-0.2, -0.15) is 11.8 Å². The lowest BCUT2D eigenvalue weighted by Gasteiger charge is -2.24. The predicted molar refractivity (Wildman–Crippen MR) is 74.6 cm³/mol. The minimum Gasteiger partial charge on any atom is -0.328 e. The van der Waals surface area contributed by atoms with Crippen LogP contribution < -0.4 is 0 Å². The number of rotatable bonds is 9. The molecule has 0 fully saturated rings. The van der Waals surface area contributed by atoms with E-state index < -0.39 is 6.49 Å². The molecule has 0 spiro atoms. The average molecular weight is 270 g/mol. The van der Waals surface area contributed by atoms with Crippen LogP contribution in [0.1, 0.15) is 34.1 Å². The standard InChI is InChI=1S/C10H23O2PS2/c1-5-10(4)12-13(14,6-2)11-8-9-15-7-3/h10H,5-9H2,1-4H3. The molecular weight excluding hydrogens is 247 g/mol. The zero-order valence-corrected chi connectivity index (χ0v) is 12.7. The Hall–Kier alpha value is 0.920. The first kappa shape index (κ1) is 15.9. The van der Waals surface area contributed by atoms with Crippen LogP contribution in [0.3, 0.4) is 0 Å². The van der Waals surface area contributed by atoms with Gasteiger partial charge < -0.3 is 9.05 Å². The summed E-state index contributed by atoms with van der Waals surface area (Å²) in [5.74, 6) is 2.14. The van der Waals surface area contributed by atoms with E-state index in [4.69, 9.17) is 20.9 Å². The van der Waals surface area contributed by atoms with Crippen molar-refractivity contribution in [1.29, 1.82) is 0 Å². The third-order valence-corrected chi connectivity index (χ3v) is 6.27. The van der Waals surface area contributed by atoms with Gasteiger partial charge in [-0.3, -0.25) is 0 Å². The van der Waals surface area contributed by atoms with Crippen molar-refractivity contribution in [3.8, 4) is 0 Å². The predicted octanol–water partition coefficient (Wildman–Crippen LogP) is 3.90. The van der Waals surface area contributed by atoms with E-state index in [1.54, 1.807) is 0 Å². The molecule has 0 N–H and O–H groups in total. The van der Waals surface area contributed by atoms with Crippen LogP contribution >= 0.6 is 18.3 Å². The van der Waals surface area contributed by atoms with Gasteiger partial charge in [0.15, 0.2) is 6.49 Å². The fourth-order valence-corrected chi connectivity index (χ4v) is 3.66. The zero-order chi connectivity index (χ0) is 11.7. The maximum Gasteiger partial charge on any atom is 0.188 e. The fourth-order valence-electron chi connectivity index (χ4n) is 0.925. The second kappa shape index (κ2) is 9.00. The Morgan fingerprint density at radius 3 is 2.47 bits per heavy atom. The maximum atomic E-state index is 5.81. The molecule has 5 heteroatoms. The van der Waals surface area contributed by atoms with Crippen LogP contribution in [-0.4, -0.2) is 30.4 Å². The molecule has 0 aliphatic heterocycles. The van der Waals surface area contributed by atoms with Gasteiger partial charge in [-0.15, -0.1) is 0 Å². The molecule has 2 nitrogen and oxygen atoms in total. The van der Waals surface area contributed by atoms with Crippen LogP contribution in [0.15, 0.2) is 0 Å². The summed E-state index contributed by atoms with van der Waals surface area (Å²) < 4.78 is 11.5. The topological polar surface area (TPSA) is 18.5 Å². The van der Waals surface area contributed by atoms with Crippen molar-refractivity contribution < 1.29 is 9.05 Å². The van der Waals surface area contributed by atoms with Crippen molar-refractivity contribution in [3.05, 3.63) is 0 Å². The molecule has 0 aromatic carbocycles. The lowest BCUT2D eigenvalue weighted by Crippen LogP contribution is -2.09. The smallest absolute Gasteiger partial charge is 0.188 e. The molecule has 0 amide bonds. The summed E-state index contributed by atoms with van der Waals surface area (Å²) in [5, 5.41) is 0.